The van der Waals surface area contributed by atoms with Gasteiger partial charge >= 0.3 is 0 Å². The molecule has 130 valence electrons. The van der Waals surface area contributed by atoms with Gasteiger partial charge in [0.15, 0.2) is 9.84 Å². The molecule has 0 N–H and O–H groups in total. The fourth-order valence-corrected chi connectivity index (χ4v) is 7.37. The van der Waals surface area contributed by atoms with E-state index in [1.54, 1.807) is 12.1 Å². The van der Waals surface area contributed by atoms with Crippen molar-refractivity contribution in [1.82, 2.24) is 4.31 Å². The quantitative estimate of drug-likeness (QED) is 0.766. The SMILES string of the molecule is CCc1ccc(S(=O)(=O)N2CC(S(=O)(=O)c3ccc(Cl)cc3)C2)s1. The maximum absolute atomic E-state index is 12.5. The van der Waals surface area contributed by atoms with Gasteiger partial charge in [0.1, 0.15) is 4.21 Å². The number of rotatable bonds is 5. The molecule has 1 saturated heterocycles. The lowest BCUT2D eigenvalue weighted by Gasteiger charge is -2.37. The molecule has 0 atom stereocenters. The molecule has 1 aromatic carbocycles. The number of aryl methyl sites for hydroxylation is 1. The standard InChI is InChI=1S/C15H16ClNO4S3/c1-2-12-5-8-15(22-12)24(20,21)17-9-14(10-17)23(18,19)13-6-3-11(16)4-7-13/h3-8,14H,2,9-10H2,1H3. The predicted octanol–water partition coefficient (Wildman–Crippen LogP) is 2.81. The van der Waals surface area contributed by atoms with Crippen LogP contribution in [0, 0.1) is 0 Å². The van der Waals surface area contributed by atoms with Crippen LogP contribution in [0.3, 0.4) is 0 Å². The molecule has 1 aromatic heterocycles. The molecule has 2 heterocycles. The minimum atomic E-state index is -3.61. The Bertz CT molecular complexity index is 943. The molecule has 0 aliphatic carbocycles. The zero-order chi connectivity index (χ0) is 17.5. The molecular weight excluding hydrogens is 390 g/mol. The average Bonchev–Trinajstić information content (AvgIpc) is 2.95. The van der Waals surface area contributed by atoms with E-state index in [4.69, 9.17) is 11.6 Å². The van der Waals surface area contributed by atoms with Gasteiger partial charge in [0.25, 0.3) is 10.0 Å². The van der Waals surface area contributed by atoms with Crippen LogP contribution in [0.2, 0.25) is 5.02 Å². The second-order valence-electron chi connectivity index (χ2n) is 5.52. The van der Waals surface area contributed by atoms with E-state index in [1.165, 1.54) is 39.9 Å². The monoisotopic (exact) mass is 405 g/mol. The lowest BCUT2D eigenvalue weighted by atomic mass is 10.3. The Morgan fingerprint density at radius 1 is 1.08 bits per heavy atom. The van der Waals surface area contributed by atoms with Gasteiger partial charge in [0.05, 0.1) is 10.1 Å². The molecule has 0 amide bonds. The van der Waals surface area contributed by atoms with E-state index in [0.717, 1.165) is 11.3 Å². The number of thiophene rings is 1. The van der Waals surface area contributed by atoms with Crippen LogP contribution >= 0.6 is 22.9 Å². The minimum absolute atomic E-state index is 0.0212. The Morgan fingerprint density at radius 3 is 2.25 bits per heavy atom. The number of hydrogen-bond acceptors (Lipinski definition) is 5. The van der Waals surface area contributed by atoms with E-state index in [9.17, 15) is 16.8 Å². The average molecular weight is 406 g/mol. The number of benzene rings is 1. The number of hydrogen-bond donors (Lipinski definition) is 0. The molecule has 5 nitrogen and oxygen atoms in total. The van der Waals surface area contributed by atoms with Crippen LogP contribution in [0.5, 0.6) is 0 Å². The van der Waals surface area contributed by atoms with Gasteiger partial charge in [-0.3, -0.25) is 0 Å². The summed E-state index contributed by atoms with van der Waals surface area (Å²) < 4.78 is 51.6. The van der Waals surface area contributed by atoms with Gasteiger partial charge in [-0.05, 0) is 42.8 Å². The van der Waals surface area contributed by atoms with Crippen LogP contribution in [-0.2, 0) is 26.3 Å². The van der Waals surface area contributed by atoms with Crippen molar-refractivity contribution in [2.75, 3.05) is 13.1 Å². The molecule has 0 spiro atoms. The maximum Gasteiger partial charge on any atom is 0.252 e. The van der Waals surface area contributed by atoms with E-state index >= 15 is 0 Å². The predicted molar refractivity (Wildman–Crippen MR) is 94.9 cm³/mol. The van der Waals surface area contributed by atoms with E-state index in [2.05, 4.69) is 0 Å². The number of sulfone groups is 1. The molecule has 0 bridgehead atoms. The van der Waals surface area contributed by atoms with Crippen LogP contribution in [0.15, 0.2) is 45.5 Å². The van der Waals surface area contributed by atoms with E-state index in [-0.39, 0.29) is 22.2 Å². The highest BCUT2D eigenvalue weighted by Crippen LogP contribution is 2.32. The Hall–Kier alpha value is -0.930. The first-order valence-electron chi connectivity index (χ1n) is 7.33. The summed E-state index contributed by atoms with van der Waals surface area (Å²) in [7, 11) is -7.16. The van der Waals surface area contributed by atoms with Crippen molar-refractivity contribution in [1.29, 1.82) is 0 Å². The van der Waals surface area contributed by atoms with Gasteiger partial charge in [0.2, 0.25) is 0 Å². The fraction of sp³-hybridized carbons (Fsp3) is 0.333. The van der Waals surface area contributed by atoms with E-state index < -0.39 is 25.1 Å². The van der Waals surface area contributed by atoms with Crippen LogP contribution < -0.4 is 0 Å². The van der Waals surface area contributed by atoms with E-state index in [1.807, 2.05) is 6.92 Å². The molecule has 1 fully saturated rings. The first-order valence-corrected chi connectivity index (χ1v) is 11.5. The summed E-state index contributed by atoms with van der Waals surface area (Å²) in [6.45, 7) is 1.92. The smallest absolute Gasteiger partial charge is 0.223 e. The topological polar surface area (TPSA) is 71.5 Å². The molecule has 1 aliphatic heterocycles. The van der Waals surface area contributed by atoms with Crippen molar-refractivity contribution in [3.05, 3.63) is 46.3 Å². The maximum atomic E-state index is 12.5. The van der Waals surface area contributed by atoms with Gasteiger partial charge in [-0.25, -0.2) is 16.8 Å². The normalized spacial score (nSPS) is 16.9. The summed E-state index contributed by atoms with van der Waals surface area (Å²) >= 11 is 7.00. The largest absolute Gasteiger partial charge is 0.252 e. The second-order valence-corrected chi connectivity index (χ2v) is 11.5. The number of sulfonamides is 1. The van der Waals surface area contributed by atoms with Crippen LogP contribution in [0.25, 0.3) is 0 Å². The second kappa shape index (κ2) is 6.42. The van der Waals surface area contributed by atoms with Gasteiger partial charge in [-0.15, -0.1) is 11.3 Å². The first kappa shape index (κ1) is 17.9. The van der Waals surface area contributed by atoms with Gasteiger partial charge < -0.3 is 0 Å². The Labute approximate surface area is 150 Å². The zero-order valence-corrected chi connectivity index (χ0v) is 16.1. The Kier molecular flexibility index (Phi) is 4.78. The molecule has 9 heteroatoms. The summed E-state index contributed by atoms with van der Waals surface area (Å²) in [5.41, 5.74) is 0. The third-order valence-corrected chi connectivity index (χ3v) is 9.86. The molecule has 24 heavy (non-hydrogen) atoms. The van der Waals surface area contributed by atoms with Gasteiger partial charge in [-0.2, -0.15) is 4.31 Å². The summed E-state index contributed by atoms with van der Waals surface area (Å²) in [5, 5.41) is -0.268. The molecule has 2 aromatic rings. The lowest BCUT2D eigenvalue weighted by molar-refractivity contribution is 0.310. The number of halogens is 1. The van der Waals surface area contributed by atoms with Crippen molar-refractivity contribution in [3.63, 3.8) is 0 Å². The molecular formula is C15H16ClNO4S3. The lowest BCUT2D eigenvalue weighted by Crippen LogP contribution is -2.56. The highest BCUT2D eigenvalue weighted by atomic mass is 35.5. The summed E-state index contributed by atoms with van der Waals surface area (Å²) in [4.78, 5) is 1.15. The first-order chi connectivity index (χ1) is 11.2. The summed E-state index contributed by atoms with van der Waals surface area (Å²) in [5.74, 6) is 0. The molecule has 0 saturated carbocycles. The zero-order valence-electron chi connectivity index (χ0n) is 12.8. The fourth-order valence-electron chi connectivity index (χ4n) is 2.42. The van der Waals surface area contributed by atoms with Crippen molar-refractivity contribution >= 4 is 42.8 Å². The van der Waals surface area contributed by atoms with Crippen molar-refractivity contribution in [2.45, 2.75) is 27.7 Å². The molecule has 3 rings (SSSR count). The third-order valence-electron chi connectivity index (χ3n) is 3.98. The van der Waals surface area contributed by atoms with Crippen molar-refractivity contribution < 1.29 is 16.8 Å². The highest BCUT2D eigenvalue weighted by molar-refractivity contribution is 7.93. The Balaban J connectivity index is 1.75. The highest BCUT2D eigenvalue weighted by Gasteiger charge is 2.44. The minimum Gasteiger partial charge on any atom is -0.223 e. The Morgan fingerprint density at radius 2 is 1.71 bits per heavy atom. The van der Waals surface area contributed by atoms with Crippen molar-refractivity contribution in [2.24, 2.45) is 0 Å². The molecule has 0 unspecified atom stereocenters. The van der Waals surface area contributed by atoms with Gasteiger partial charge in [0, 0.05) is 23.0 Å². The summed E-state index contributed by atoms with van der Waals surface area (Å²) in [6, 6.07) is 9.29. The van der Waals surface area contributed by atoms with E-state index in [0.29, 0.717) is 5.02 Å². The number of nitrogens with zero attached hydrogens (tertiary/aromatic N) is 1. The third kappa shape index (κ3) is 3.13. The van der Waals surface area contributed by atoms with Crippen LogP contribution in [-0.4, -0.2) is 39.5 Å². The molecule has 0 radical (unpaired) electrons. The van der Waals surface area contributed by atoms with Gasteiger partial charge in [-0.1, -0.05) is 18.5 Å². The summed E-state index contributed by atoms with van der Waals surface area (Å²) in [6.07, 6.45) is 0.772. The van der Waals surface area contributed by atoms with Crippen LogP contribution in [0.1, 0.15) is 11.8 Å². The van der Waals surface area contributed by atoms with Crippen LogP contribution in [0.4, 0.5) is 0 Å². The molecule has 1 aliphatic rings. The van der Waals surface area contributed by atoms with Crippen molar-refractivity contribution in [3.8, 4) is 0 Å².